The molecule has 0 heterocycles. The van der Waals surface area contributed by atoms with Gasteiger partial charge in [0, 0.05) is 5.02 Å². The van der Waals surface area contributed by atoms with Gasteiger partial charge in [-0.3, -0.25) is 0 Å². The van der Waals surface area contributed by atoms with Gasteiger partial charge in [0.25, 0.3) is 0 Å². The molecule has 0 unspecified atom stereocenters. The second-order valence-electron chi connectivity index (χ2n) is 2.38. The number of hydrogen-bond donors (Lipinski definition) is 0. The predicted molar refractivity (Wildman–Crippen MR) is 50.5 cm³/mol. The van der Waals surface area contributed by atoms with Crippen LogP contribution in [0.4, 0.5) is 18.9 Å². The van der Waals surface area contributed by atoms with Crippen LogP contribution in [-0.4, -0.2) is 11.3 Å². The fraction of sp³-hybridized carbons (Fsp3) is 0.125. The summed E-state index contributed by atoms with van der Waals surface area (Å²) in [5, 5.41) is -1.11. The van der Waals surface area contributed by atoms with Crippen LogP contribution < -0.4 is 0 Å². The summed E-state index contributed by atoms with van der Waals surface area (Å²) in [5.74, 6) is 0. The van der Waals surface area contributed by atoms with Gasteiger partial charge in [-0.25, -0.2) is 4.99 Å². The van der Waals surface area contributed by atoms with Gasteiger partial charge >= 0.3 is 6.18 Å². The lowest BCUT2D eigenvalue weighted by molar-refractivity contribution is -0.0558. The number of aliphatic imine (C=N–C) groups is 1. The molecule has 14 heavy (non-hydrogen) atoms. The van der Waals surface area contributed by atoms with Crippen molar-refractivity contribution in [2.75, 3.05) is 0 Å². The van der Waals surface area contributed by atoms with Crippen LogP contribution >= 0.6 is 23.2 Å². The highest BCUT2D eigenvalue weighted by atomic mass is 35.5. The van der Waals surface area contributed by atoms with Crippen LogP contribution in [0.1, 0.15) is 0 Å². The molecular formula is C8H4Cl2F3N. The van der Waals surface area contributed by atoms with Gasteiger partial charge in [-0.15, -0.1) is 0 Å². The summed E-state index contributed by atoms with van der Waals surface area (Å²) in [6.45, 7) is 0. The lowest BCUT2D eigenvalue weighted by Crippen LogP contribution is -2.16. The van der Waals surface area contributed by atoms with Crippen LogP contribution in [0.2, 0.25) is 5.02 Å². The van der Waals surface area contributed by atoms with Crippen molar-refractivity contribution in [2.24, 2.45) is 4.99 Å². The molecule has 1 rings (SSSR count). The molecule has 0 aliphatic carbocycles. The van der Waals surface area contributed by atoms with Crippen molar-refractivity contribution in [3.8, 4) is 0 Å². The number of benzene rings is 1. The normalized spacial score (nSPS) is 13.1. The van der Waals surface area contributed by atoms with Crippen molar-refractivity contribution in [2.45, 2.75) is 6.18 Å². The Morgan fingerprint density at radius 2 is 1.93 bits per heavy atom. The molecule has 0 saturated heterocycles. The first-order valence-electron chi connectivity index (χ1n) is 3.46. The molecule has 0 saturated carbocycles. The molecule has 0 amide bonds. The Balaban J connectivity index is 2.98. The summed E-state index contributed by atoms with van der Waals surface area (Å²) in [5.41, 5.74) is 0.0693. The van der Waals surface area contributed by atoms with E-state index in [0.29, 0.717) is 5.02 Å². The smallest absolute Gasteiger partial charge is 0.232 e. The topological polar surface area (TPSA) is 12.4 Å². The predicted octanol–water partition coefficient (Wildman–Crippen LogP) is 4.17. The number of halogens is 5. The Morgan fingerprint density at radius 1 is 1.29 bits per heavy atom. The van der Waals surface area contributed by atoms with Crippen molar-refractivity contribution < 1.29 is 13.2 Å². The largest absolute Gasteiger partial charge is 0.444 e. The highest BCUT2D eigenvalue weighted by molar-refractivity contribution is 6.67. The zero-order chi connectivity index (χ0) is 10.8. The van der Waals surface area contributed by atoms with Crippen LogP contribution in [0, 0.1) is 0 Å². The van der Waals surface area contributed by atoms with E-state index in [9.17, 15) is 13.2 Å². The molecule has 6 heteroatoms. The lowest BCUT2D eigenvalue weighted by Gasteiger charge is -2.02. The maximum Gasteiger partial charge on any atom is 0.444 e. The average molecular weight is 242 g/mol. The SMILES string of the molecule is FC(F)(F)C(Cl)=Nc1cccc(Cl)c1. The van der Waals surface area contributed by atoms with E-state index in [-0.39, 0.29) is 5.69 Å². The molecule has 0 aromatic heterocycles. The minimum atomic E-state index is -4.62. The van der Waals surface area contributed by atoms with Gasteiger partial charge in [0.15, 0.2) is 0 Å². The Bertz CT molecular complexity index is 360. The number of alkyl halides is 3. The second-order valence-corrected chi connectivity index (χ2v) is 3.17. The summed E-state index contributed by atoms with van der Waals surface area (Å²) in [6.07, 6.45) is -4.62. The highest BCUT2D eigenvalue weighted by Gasteiger charge is 2.34. The van der Waals surface area contributed by atoms with Crippen LogP contribution in [0.15, 0.2) is 29.3 Å². The highest BCUT2D eigenvalue weighted by Crippen LogP contribution is 2.25. The Morgan fingerprint density at radius 3 is 2.43 bits per heavy atom. The third kappa shape index (κ3) is 3.20. The van der Waals surface area contributed by atoms with E-state index in [0.717, 1.165) is 0 Å². The third-order valence-electron chi connectivity index (χ3n) is 1.27. The molecule has 0 spiro atoms. The van der Waals surface area contributed by atoms with Gasteiger partial charge < -0.3 is 0 Å². The summed E-state index contributed by atoms with van der Waals surface area (Å²) in [6, 6.07) is 5.68. The molecule has 0 radical (unpaired) electrons. The van der Waals surface area contributed by atoms with E-state index in [1.807, 2.05) is 0 Å². The maximum absolute atomic E-state index is 11.9. The summed E-state index contributed by atoms with van der Waals surface area (Å²) < 4.78 is 35.8. The van der Waals surface area contributed by atoms with Gasteiger partial charge in [0.2, 0.25) is 5.17 Å². The summed E-state index contributed by atoms with van der Waals surface area (Å²) in [4.78, 5) is 3.16. The molecular weight excluding hydrogens is 238 g/mol. The van der Waals surface area contributed by atoms with Gasteiger partial charge in [0.05, 0.1) is 5.69 Å². The Hall–Kier alpha value is -0.740. The minimum absolute atomic E-state index is 0.0693. The fourth-order valence-corrected chi connectivity index (χ4v) is 1.00. The van der Waals surface area contributed by atoms with Crippen LogP contribution in [0.5, 0.6) is 0 Å². The molecule has 0 fully saturated rings. The molecule has 0 bridgehead atoms. The van der Waals surface area contributed by atoms with E-state index in [4.69, 9.17) is 23.2 Å². The zero-order valence-electron chi connectivity index (χ0n) is 6.65. The monoisotopic (exact) mass is 241 g/mol. The van der Waals surface area contributed by atoms with Crippen molar-refractivity contribution in [1.29, 1.82) is 0 Å². The lowest BCUT2D eigenvalue weighted by atomic mass is 10.3. The van der Waals surface area contributed by atoms with E-state index < -0.39 is 11.3 Å². The van der Waals surface area contributed by atoms with E-state index in [2.05, 4.69) is 4.99 Å². The van der Waals surface area contributed by atoms with E-state index in [1.54, 1.807) is 0 Å². The molecule has 0 aliphatic rings. The quantitative estimate of drug-likeness (QED) is 0.655. The molecule has 76 valence electrons. The number of hydrogen-bond acceptors (Lipinski definition) is 1. The third-order valence-corrected chi connectivity index (χ3v) is 1.80. The van der Waals surface area contributed by atoms with Crippen molar-refractivity contribution in [1.82, 2.24) is 0 Å². The Labute approximate surface area is 88.2 Å². The first-order chi connectivity index (χ1) is 6.39. The molecule has 0 atom stereocenters. The molecule has 1 nitrogen and oxygen atoms in total. The van der Waals surface area contributed by atoms with Crippen LogP contribution in [0.25, 0.3) is 0 Å². The molecule has 0 N–H and O–H groups in total. The van der Waals surface area contributed by atoms with Crippen molar-refractivity contribution in [3.63, 3.8) is 0 Å². The summed E-state index contributed by atoms with van der Waals surface area (Å²) >= 11 is 10.5. The fourth-order valence-electron chi connectivity index (χ4n) is 0.722. The average Bonchev–Trinajstić information content (AvgIpc) is 2.02. The van der Waals surface area contributed by atoms with E-state index in [1.165, 1.54) is 24.3 Å². The zero-order valence-corrected chi connectivity index (χ0v) is 8.16. The van der Waals surface area contributed by atoms with Gasteiger partial charge in [-0.05, 0) is 18.2 Å². The first-order valence-corrected chi connectivity index (χ1v) is 4.22. The number of nitrogens with zero attached hydrogens (tertiary/aromatic N) is 1. The first kappa shape index (κ1) is 11.3. The van der Waals surface area contributed by atoms with Crippen LogP contribution in [-0.2, 0) is 0 Å². The standard InChI is InChI=1S/C8H4Cl2F3N/c9-5-2-1-3-6(4-5)14-7(10)8(11,12)13/h1-4H. The summed E-state index contributed by atoms with van der Waals surface area (Å²) in [7, 11) is 0. The van der Waals surface area contributed by atoms with E-state index >= 15 is 0 Å². The molecule has 1 aromatic rings. The van der Waals surface area contributed by atoms with Gasteiger partial charge in [-0.1, -0.05) is 29.3 Å². The minimum Gasteiger partial charge on any atom is -0.232 e. The molecule has 0 aliphatic heterocycles. The van der Waals surface area contributed by atoms with Crippen LogP contribution in [0.3, 0.4) is 0 Å². The molecule has 1 aromatic carbocycles. The van der Waals surface area contributed by atoms with Crippen molar-refractivity contribution in [3.05, 3.63) is 29.3 Å². The maximum atomic E-state index is 11.9. The van der Waals surface area contributed by atoms with Gasteiger partial charge in [0.1, 0.15) is 0 Å². The Kier molecular flexibility index (Phi) is 3.39. The second kappa shape index (κ2) is 4.19. The van der Waals surface area contributed by atoms with Crippen molar-refractivity contribution >= 4 is 34.1 Å². The van der Waals surface area contributed by atoms with Gasteiger partial charge in [-0.2, -0.15) is 13.2 Å². The number of rotatable bonds is 1.